The summed E-state index contributed by atoms with van der Waals surface area (Å²) in [5.41, 5.74) is 0.723. The predicted octanol–water partition coefficient (Wildman–Crippen LogP) is 2.43. The molecule has 4 unspecified atom stereocenters. The van der Waals surface area contributed by atoms with Crippen molar-refractivity contribution in [2.45, 2.75) is 24.9 Å². The second-order valence-corrected chi connectivity index (χ2v) is 7.96. The van der Waals surface area contributed by atoms with Crippen LogP contribution in [0.5, 0.6) is 0 Å². The molecule has 0 saturated carbocycles. The molecular formula is C22H19N3O5. The van der Waals surface area contributed by atoms with Gasteiger partial charge in [0.1, 0.15) is 0 Å². The van der Waals surface area contributed by atoms with E-state index < -0.39 is 28.7 Å². The van der Waals surface area contributed by atoms with Crippen molar-refractivity contribution in [3.8, 4) is 0 Å². The number of nitro benzene ring substituents is 1. The van der Waals surface area contributed by atoms with Crippen LogP contribution in [-0.2, 0) is 9.59 Å². The summed E-state index contributed by atoms with van der Waals surface area (Å²) in [5, 5.41) is 10.9. The maximum atomic E-state index is 13.4. The number of hydrogen-bond donors (Lipinski definition) is 0. The minimum absolute atomic E-state index is 0.114. The lowest BCUT2D eigenvalue weighted by Crippen LogP contribution is -2.46. The maximum Gasteiger partial charge on any atom is 0.269 e. The molecule has 0 aliphatic carbocycles. The van der Waals surface area contributed by atoms with Gasteiger partial charge in [0, 0.05) is 23.7 Å². The molecule has 0 spiro atoms. The van der Waals surface area contributed by atoms with E-state index in [2.05, 4.69) is 0 Å². The van der Waals surface area contributed by atoms with Crippen molar-refractivity contribution in [3.63, 3.8) is 0 Å². The Labute approximate surface area is 172 Å². The van der Waals surface area contributed by atoms with Gasteiger partial charge in [-0.3, -0.25) is 29.4 Å². The van der Waals surface area contributed by atoms with Gasteiger partial charge < -0.3 is 0 Å². The Hall–Kier alpha value is -3.39. The third-order valence-electron chi connectivity index (χ3n) is 6.50. The summed E-state index contributed by atoms with van der Waals surface area (Å²) < 4.78 is 0. The van der Waals surface area contributed by atoms with Crippen LogP contribution in [0.3, 0.4) is 0 Å². The highest BCUT2D eigenvalue weighted by molar-refractivity contribution is 6.24. The number of benzene rings is 2. The Morgan fingerprint density at radius 1 is 0.967 bits per heavy atom. The number of rotatable bonds is 4. The molecule has 2 aromatic rings. The van der Waals surface area contributed by atoms with Gasteiger partial charge in [-0.1, -0.05) is 30.3 Å². The van der Waals surface area contributed by atoms with Crippen molar-refractivity contribution in [1.82, 2.24) is 4.90 Å². The summed E-state index contributed by atoms with van der Waals surface area (Å²) in [6, 6.07) is 13.4. The molecule has 2 aromatic carbocycles. The van der Waals surface area contributed by atoms with Crippen LogP contribution in [0.1, 0.15) is 23.2 Å². The number of ketones is 1. The van der Waals surface area contributed by atoms with Crippen LogP contribution < -0.4 is 4.90 Å². The molecule has 3 heterocycles. The minimum Gasteiger partial charge on any atom is -0.292 e. The number of carbonyl (C=O) groups is 3. The number of imide groups is 1. The number of fused-ring (bicyclic) bond motifs is 3. The lowest BCUT2D eigenvalue weighted by atomic mass is 9.85. The topological polar surface area (TPSA) is 101 Å². The van der Waals surface area contributed by atoms with Crippen LogP contribution in [0, 0.1) is 22.0 Å². The fraction of sp³-hybridized carbons (Fsp3) is 0.318. The van der Waals surface area contributed by atoms with Gasteiger partial charge in [0.2, 0.25) is 11.8 Å². The van der Waals surface area contributed by atoms with Gasteiger partial charge in [0.15, 0.2) is 5.78 Å². The van der Waals surface area contributed by atoms with E-state index in [1.807, 2.05) is 11.0 Å². The lowest BCUT2D eigenvalue weighted by molar-refractivity contribution is -0.384. The lowest BCUT2D eigenvalue weighted by Gasteiger charge is -2.27. The Bertz CT molecular complexity index is 1050. The van der Waals surface area contributed by atoms with Crippen molar-refractivity contribution < 1.29 is 19.3 Å². The molecule has 30 heavy (non-hydrogen) atoms. The Kier molecular flexibility index (Phi) is 4.25. The Morgan fingerprint density at radius 2 is 1.63 bits per heavy atom. The van der Waals surface area contributed by atoms with Crippen LogP contribution >= 0.6 is 0 Å². The normalized spacial score (nSPS) is 27.9. The molecule has 3 fully saturated rings. The van der Waals surface area contributed by atoms with E-state index in [-0.39, 0.29) is 23.4 Å². The Balaban J connectivity index is 1.52. The van der Waals surface area contributed by atoms with Gasteiger partial charge in [-0.25, -0.2) is 4.90 Å². The summed E-state index contributed by atoms with van der Waals surface area (Å²) in [7, 11) is 0. The quantitative estimate of drug-likeness (QED) is 0.335. The molecule has 5 rings (SSSR count). The van der Waals surface area contributed by atoms with Crippen molar-refractivity contribution in [3.05, 3.63) is 70.3 Å². The van der Waals surface area contributed by atoms with Crippen LogP contribution in [0.15, 0.2) is 54.6 Å². The number of nitro groups is 1. The number of carbonyl (C=O) groups excluding carboxylic acids is 3. The molecule has 8 heteroatoms. The standard InChI is InChI=1S/C22H19N3O5/c26-20(13-5-2-1-3-6-13)19-18-17(16-7-4-12-23(16)19)21(27)24(22(18)28)14-8-10-15(11-9-14)25(29)30/h1-3,5-6,8-11,16-19H,4,7,12H2. The maximum absolute atomic E-state index is 13.4. The summed E-state index contributed by atoms with van der Waals surface area (Å²) in [4.78, 5) is 53.6. The zero-order chi connectivity index (χ0) is 21.0. The van der Waals surface area contributed by atoms with Gasteiger partial charge in [-0.05, 0) is 31.5 Å². The zero-order valence-corrected chi connectivity index (χ0v) is 16.0. The van der Waals surface area contributed by atoms with Crippen molar-refractivity contribution in [2.75, 3.05) is 11.4 Å². The first-order chi connectivity index (χ1) is 14.5. The summed E-state index contributed by atoms with van der Waals surface area (Å²) in [6.45, 7) is 0.693. The number of Topliss-reactive ketones (excluding diaryl/α,β-unsaturated/α-hetero) is 1. The van der Waals surface area contributed by atoms with Gasteiger partial charge in [0.25, 0.3) is 5.69 Å². The summed E-state index contributed by atoms with van der Waals surface area (Å²) >= 11 is 0. The number of hydrogen-bond acceptors (Lipinski definition) is 6. The van der Waals surface area contributed by atoms with E-state index >= 15 is 0 Å². The number of anilines is 1. The highest BCUT2D eigenvalue weighted by Gasteiger charge is 2.64. The van der Waals surface area contributed by atoms with Crippen molar-refractivity contribution in [2.24, 2.45) is 11.8 Å². The smallest absolute Gasteiger partial charge is 0.269 e. The van der Waals surface area contributed by atoms with E-state index in [9.17, 15) is 24.5 Å². The second-order valence-electron chi connectivity index (χ2n) is 7.96. The minimum atomic E-state index is -0.731. The molecule has 8 nitrogen and oxygen atoms in total. The third-order valence-corrected chi connectivity index (χ3v) is 6.50. The molecule has 3 aliphatic rings. The number of amides is 2. The van der Waals surface area contributed by atoms with Crippen LogP contribution in [0.25, 0.3) is 0 Å². The van der Waals surface area contributed by atoms with Crippen molar-refractivity contribution >= 4 is 29.0 Å². The highest BCUT2D eigenvalue weighted by atomic mass is 16.6. The van der Waals surface area contributed by atoms with E-state index in [0.717, 1.165) is 17.7 Å². The van der Waals surface area contributed by atoms with Gasteiger partial charge in [0.05, 0.1) is 28.5 Å². The van der Waals surface area contributed by atoms with Crippen LogP contribution in [-0.4, -0.2) is 46.0 Å². The van der Waals surface area contributed by atoms with E-state index in [4.69, 9.17) is 0 Å². The van der Waals surface area contributed by atoms with Crippen LogP contribution in [0.4, 0.5) is 11.4 Å². The molecule has 3 saturated heterocycles. The Morgan fingerprint density at radius 3 is 2.30 bits per heavy atom. The average Bonchev–Trinajstić information content (AvgIpc) is 3.40. The molecule has 0 bridgehead atoms. The van der Waals surface area contributed by atoms with Crippen LogP contribution in [0.2, 0.25) is 0 Å². The average molecular weight is 405 g/mol. The third kappa shape index (κ3) is 2.60. The highest BCUT2D eigenvalue weighted by Crippen LogP contribution is 2.48. The fourth-order valence-electron chi connectivity index (χ4n) is 5.27. The molecule has 152 valence electrons. The first-order valence-electron chi connectivity index (χ1n) is 9.96. The molecule has 0 radical (unpaired) electrons. The molecular weight excluding hydrogens is 386 g/mol. The molecule has 3 aliphatic heterocycles. The number of non-ortho nitro benzene ring substituents is 1. The van der Waals surface area contributed by atoms with E-state index in [1.54, 1.807) is 24.3 Å². The van der Waals surface area contributed by atoms with Gasteiger partial charge >= 0.3 is 0 Å². The largest absolute Gasteiger partial charge is 0.292 e. The van der Waals surface area contributed by atoms with E-state index in [1.165, 1.54) is 24.3 Å². The first-order valence-corrected chi connectivity index (χ1v) is 9.96. The predicted molar refractivity (Wildman–Crippen MR) is 107 cm³/mol. The summed E-state index contributed by atoms with van der Waals surface area (Å²) in [5.74, 6) is -2.15. The first kappa shape index (κ1) is 18.6. The monoisotopic (exact) mass is 405 g/mol. The van der Waals surface area contributed by atoms with Crippen molar-refractivity contribution in [1.29, 1.82) is 0 Å². The number of nitrogens with zero attached hydrogens (tertiary/aromatic N) is 3. The second kappa shape index (κ2) is 6.84. The molecule has 0 aromatic heterocycles. The zero-order valence-electron chi connectivity index (χ0n) is 16.0. The summed E-state index contributed by atoms with van der Waals surface area (Å²) in [6.07, 6.45) is 1.65. The molecule has 2 amide bonds. The van der Waals surface area contributed by atoms with Gasteiger partial charge in [-0.2, -0.15) is 0 Å². The SMILES string of the molecule is O=C(c1ccccc1)C1C2C(=O)N(c3ccc([N+](=O)[O-])cc3)C(=O)C2C2CCCN21. The van der Waals surface area contributed by atoms with Gasteiger partial charge in [-0.15, -0.1) is 0 Å². The molecule has 4 atom stereocenters. The fourth-order valence-corrected chi connectivity index (χ4v) is 5.27. The molecule has 0 N–H and O–H groups in total. The van der Waals surface area contributed by atoms with E-state index in [0.29, 0.717) is 17.8 Å².